The molecule has 0 unspecified atom stereocenters. The summed E-state index contributed by atoms with van der Waals surface area (Å²) in [6.07, 6.45) is 9.11. The normalized spacial score (nSPS) is 13.4. The number of phenolic OH excluding ortho intramolecular Hbond substituents is 2. The predicted octanol–water partition coefficient (Wildman–Crippen LogP) is 6.81. The summed E-state index contributed by atoms with van der Waals surface area (Å²) in [5, 5.41) is 17.3. The molecular formula is C29H24O2. The van der Waals surface area contributed by atoms with E-state index >= 15 is 0 Å². The van der Waals surface area contributed by atoms with Crippen LogP contribution in [-0.2, 0) is 5.41 Å². The SMILES string of the molecule is C1=CC2(C=Cc3ccccc32)c2ccccc21.Oc1ccccc1.Oc1ccccc1. The van der Waals surface area contributed by atoms with Gasteiger partial charge in [-0.1, -0.05) is 109 Å². The molecule has 2 heteroatoms. The number of aromatic hydroxyl groups is 2. The molecule has 0 aliphatic heterocycles. The minimum Gasteiger partial charge on any atom is -0.508 e. The van der Waals surface area contributed by atoms with Crippen molar-refractivity contribution in [2.75, 3.05) is 0 Å². The van der Waals surface area contributed by atoms with Crippen LogP contribution in [-0.4, -0.2) is 10.2 Å². The number of phenols is 2. The second-order valence-corrected chi connectivity index (χ2v) is 7.38. The van der Waals surface area contributed by atoms with Gasteiger partial charge in [-0.15, -0.1) is 0 Å². The van der Waals surface area contributed by atoms with Gasteiger partial charge in [-0.3, -0.25) is 0 Å². The zero-order valence-corrected chi connectivity index (χ0v) is 17.1. The maximum Gasteiger partial charge on any atom is 0.115 e. The van der Waals surface area contributed by atoms with Crippen LogP contribution in [0.1, 0.15) is 22.3 Å². The lowest BCUT2D eigenvalue weighted by Gasteiger charge is -2.23. The fraction of sp³-hybridized carbons (Fsp3) is 0.0345. The minimum atomic E-state index is -0.00676. The Balaban J connectivity index is 0.000000137. The first-order valence-electron chi connectivity index (χ1n) is 10.2. The van der Waals surface area contributed by atoms with Gasteiger partial charge in [0.15, 0.2) is 0 Å². The molecule has 2 aliphatic rings. The van der Waals surface area contributed by atoms with Crippen LogP contribution in [0.5, 0.6) is 11.5 Å². The van der Waals surface area contributed by atoms with E-state index in [2.05, 4.69) is 72.8 Å². The van der Waals surface area contributed by atoms with Crippen LogP contribution in [0, 0.1) is 0 Å². The smallest absolute Gasteiger partial charge is 0.115 e. The molecule has 2 N–H and O–H groups in total. The van der Waals surface area contributed by atoms with E-state index in [1.54, 1.807) is 48.5 Å². The highest BCUT2D eigenvalue weighted by atomic mass is 16.3. The summed E-state index contributed by atoms with van der Waals surface area (Å²) in [5.74, 6) is 0.644. The third kappa shape index (κ3) is 4.44. The van der Waals surface area contributed by atoms with E-state index in [4.69, 9.17) is 10.2 Å². The van der Waals surface area contributed by atoms with Gasteiger partial charge in [0.1, 0.15) is 11.5 Å². The number of fused-ring (bicyclic) bond motifs is 4. The third-order valence-corrected chi connectivity index (χ3v) is 5.38. The van der Waals surface area contributed by atoms with Gasteiger partial charge >= 0.3 is 0 Å². The molecule has 2 nitrogen and oxygen atoms in total. The first-order chi connectivity index (χ1) is 15.2. The van der Waals surface area contributed by atoms with Gasteiger partial charge in [-0.25, -0.2) is 0 Å². The number of benzene rings is 4. The molecule has 2 aliphatic carbocycles. The zero-order valence-electron chi connectivity index (χ0n) is 17.1. The van der Waals surface area contributed by atoms with Crippen LogP contribution in [0.25, 0.3) is 12.2 Å². The van der Waals surface area contributed by atoms with Crippen molar-refractivity contribution in [1.29, 1.82) is 0 Å². The Morgan fingerprint density at radius 2 is 0.774 bits per heavy atom. The predicted molar refractivity (Wildman–Crippen MR) is 128 cm³/mol. The van der Waals surface area contributed by atoms with Crippen LogP contribution in [0.2, 0.25) is 0 Å². The number of allylic oxidation sites excluding steroid dienone is 2. The Morgan fingerprint density at radius 1 is 0.419 bits per heavy atom. The van der Waals surface area contributed by atoms with E-state index in [-0.39, 0.29) is 5.41 Å². The number of hydrogen-bond donors (Lipinski definition) is 2. The van der Waals surface area contributed by atoms with E-state index in [9.17, 15) is 0 Å². The third-order valence-electron chi connectivity index (χ3n) is 5.38. The van der Waals surface area contributed by atoms with Gasteiger partial charge < -0.3 is 10.2 Å². The summed E-state index contributed by atoms with van der Waals surface area (Å²) < 4.78 is 0. The first-order valence-corrected chi connectivity index (χ1v) is 10.2. The van der Waals surface area contributed by atoms with Gasteiger partial charge in [0.2, 0.25) is 0 Å². The standard InChI is InChI=1S/C17H12.2C6H6O/c1-3-7-15-13(5-1)9-11-17(15)12-10-14-6-2-4-8-16(14)17;2*7-6-4-2-1-3-5-6/h1-12H;2*1-5,7H. The monoisotopic (exact) mass is 404 g/mol. The van der Waals surface area contributed by atoms with Crippen molar-refractivity contribution >= 4 is 12.2 Å². The number of rotatable bonds is 0. The highest BCUT2D eigenvalue weighted by Crippen LogP contribution is 2.47. The van der Waals surface area contributed by atoms with E-state index in [0.29, 0.717) is 11.5 Å². The van der Waals surface area contributed by atoms with Crippen molar-refractivity contribution in [3.63, 3.8) is 0 Å². The molecule has 31 heavy (non-hydrogen) atoms. The Labute approximate surface area is 183 Å². The molecule has 0 saturated heterocycles. The van der Waals surface area contributed by atoms with Crippen molar-refractivity contribution in [1.82, 2.24) is 0 Å². The van der Waals surface area contributed by atoms with Crippen LogP contribution in [0.3, 0.4) is 0 Å². The molecular weight excluding hydrogens is 380 g/mol. The minimum absolute atomic E-state index is 0.00676. The fourth-order valence-electron chi connectivity index (χ4n) is 3.90. The van der Waals surface area contributed by atoms with E-state index in [0.717, 1.165) is 0 Å². The highest BCUT2D eigenvalue weighted by Gasteiger charge is 2.37. The molecule has 6 rings (SSSR count). The quantitative estimate of drug-likeness (QED) is 0.338. The molecule has 0 atom stereocenters. The highest BCUT2D eigenvalue weighted by molar-refractivity contribution is 5.79. The Hall–Kier alpha value is -4.04. The van der Waals surface area contributed by atoms with Gasteiger partial charge in [0.05, 0.1) is 5.41 Å². The van der Waals surface area contributed by atoms with Gasteiger partial charge in [0, 0.05) is 0 Å². The molecule has 0 saturated carbocycles. The van der Waals surface area contributed by atoms with Gasteiger partial charge in [0.25, 0.3) is 0 Å². The van der Waals surface area contributed by atoms with Crippen LogP contribution < -0.4 is 0 Å². The molecule has 0 fully saturated rings. The Kier molecular flexibility index (Phi) is 6.00. The van der Waals surface area contributed by atoms with Crippen molar-refractivity contribution < 1.29 is 10.2 Å². The van der Waals surface area contributed by atoms with Gasteiger partial charge in [-0.2, -0.15) is 0 Å². The van der Waals surface area contributed by atoms with E-state index < -0.39 is 0 Å². The Morgan fingerprint density at radius 3 is 1.13 bits per heavy atom. The van der Waals surface area contributed by atoms with Crippen LogP contribution in [0.15, 0.2) is 121 Å². The zero-order chi connectivity index (χ0) is 21.5. The molecule has 152 valence electrons. The molecule has 1 spiro atoms. The maximum atomic E-state index is 8.63. The van der Waals surface area contributed by atoms with Crippen molar-refractivity contribution in [2.45, 2.75) is 5.41 Å². The van der Waals surface area contributed by atoms with Crippen molar-refractivity contribution in [3.8, 4) is 11.5 Å². The topological polar surface area (TPSA) is 40.5 Å². The van der Waals surface area contributed by atoms with Crippen molar-refractivity contribution in [2.24, 2.45) is 0 Å². The lowest BCUT2D eigenvalue weighted by molar-refractivity contribution is 0.475. The molecule has 4 aromatic rings. The molecule has 0 aromatic heterocycles. The first kappa shape index (κ1) is 20.2. The van der Waals surface area contributed by atoms with Crippen LogP contribution in [0.4, 0.5) is 0 Å². The summed E-state index contributed by atoms with van der Waals surface area (Å²) in [4.78, 5) is 0. The van der Waals surface area contributed by atoms with Crippen LogP contribution >= 0.6 is 0 Å². The summed E-state index contributed by atoms with van der Waals surface area (Å²) in [6.45, 7) is 0. The second kappa shape index (κ2) is 9.19. The maximum absolute atomic E-state index is 8.63. The lowest BCUT2D eigenvalue weighted by Crippen LogP contribution is -2.18. The Bertz CT molecular complexity index is 1090. The summed E-state index contributed by atoms with van der Waals surface area (Å²) in [7, 11) is 0. The second-order valence-electron chi connectivity index (χ2n) is 7.38. The average Bonchev–Trinajstić information content (AvgIpc) is 3.38. The largest absolute Gasteiger partial charge is 0.508 e. The molecule has 0 amide bonds. The average molecular weight is 405 g/mol. The number of para-hydroxylation sites is 2. The van der Waals surface area contributed by atoms with Crippen molar-refractivity contribution in [3.05, 3.63) is 144 Å². The fourth-order valence-corrected chi connectivity index (χ4v) is 3.90. The molecule has 0 heterocycles. The van der Waals surface area contributed by atoms with Gasteiger partial charge in [-0.05, 0) is 46.5 Å². The van der Waals surface area contributed by atoms with E-state index in [1.807, 2.05) is 12.1 Å². The lowest BCUT2D eigenvalue weighted by atomic mass is 9.78. The molecule has 0 bridgehead atoms. The molecule has 4 aromatic carbocycles. The molecule has 0 radical (unpaired) electrons. The summed E-state index contributed by atoms with van der Waals surface area (Å²) in [5.41, 5.74) is 5.48. The number of hydrogen-bond acceptors (Lipinski definition) is 2. The van der Waals surface area contributed by atoms with E-state index in [1.165, 1.54) is 22.3 Å². The summed E-state index contributed by atoms with van der Waals surface area (Å²) >= 11 is 0. The summed E-state index contributed by atoms with van der Waals surface area (Å²) in [6, 6.07) is 34.7.